The summed E-state index contributed by atoms with van der Waals surface area (Å²) in [6, 6.07) is 21.1. The van der Waals surface area contributed by atoms with Crippen LogP contribution in [0.4, 0.5) is 0 Å². The lowest BCUT2D eigenvalue weighted by atomic mass is 9.88. The Hall–Kier alpha value is -2.32. The minimum Gasteiger partial charge on any atom is -0.426 e. The molecule has 3 aromatic carbocycles. The third-order valence-corrected chi connectivity index (χ3v) is 4.34. The molecule has 0 N–H and O–H groups in total. The first-order valence-corrected chi connectivity index (χ1v) is 8.38. The first kappa shape index (κ1) is 16.5. The molecule has 0 aliphatic rings. The highest BCUT2D eigenvalue weighted by atomic mass is 35.5. The molecule has 3 heteroatoms. The van der Waals surface area contributed by atoms with Gasteiger partial charge in [0.15, 0.2) is 0 Å². The lowest BCUT2D eigenvalue weighted by molar-refractivity contribution is -0.137. The molecule has 24 heavy (non-hydrogen) atoms. The van der Waals surface area contributed by atoms with Gasteiger partial charge < -0.3 is 4.74 Å². The van der Waals surface area contributed by atoms with Crippen LogP contribution in [0.2, 0.25) is 5.02 Å². The van der Waals surface area contributed by atoms with Crippen molar-refractivity contribution in [1.29, 1.82) is 0 Å². The number of carbonyl (C=O) groups excluding carboxylic acids is 1. The Morgan fingerprint density at radius 2 is 1.58 bits per heavy atom. The topological polar surface area (TPSA) is 26.3 Å². The zero-order valence-corrected chi connectivity index (χ0v) is 14.5. The molecule has 3 rings (SSSR count). The number of fused-ring (bicyclic) bond motifs is 1. The zero-order chi connectivity index (χ0) is 17.1. The van der Waals surface area contributed by atoms with Gasteiger partial charge in [-0.1, -0.05) is 67.9 Å². The van der Waals surface area contributed by atoms with Crippen molar-refractivity contribution < 1.29 is 9.53 Å². The van der Waals surface area contributed by atoms with E-state index in [4.69, 9.17) is 16.3 Å². The SMILES string of the molecule is CC(C)[C@H](C(=O)Oc1ccc2ccccc2c1)c1ccc(Cl)cc1. The standard InChI is InChI=1S/C21H19ClO2/c1-14(2)20(16-7-10-18(22)11-8-16)21(23)24-19-12-9-15-5-3-4-6-17(15)13-19/h3-14,20H,1-2H3/t20-/m0/s1. The largest absolute Gasteiger partial charge is 0.426 e. The van der Waals surface area contributed by atoms with E-state index in [1.54, 1.807) is 12.1 Å². The molecule has 0 amide bonds. The molecule has 0 aliphatic carbocycles. The van der Waals surface area contributed by atoms with E-state index in [1.165, 1.54) is 0 Å². The molecule has 122 valence electrons. The third kappa shape index (κ3) is 3.60. The van der Waals surface area contributed by atoms with Gasteiger partial charge >= 0.3 is 5.97 Å². The lowest BCUT2D eigenvalue weighted by Gasteiger charge is -2.20. The van der Waals surface area contributed by atoms with Gasteiger partial charge in [0.2, 0.25) is 0 Å². The van der Waals surface area contributed by atoms with Crippen LogP contribution in [0.5, 0.6) is 5.75 Å². The van der Waals surface area contributed by atoms with Crippen LogP contribution in [0.1, 0.15) is 25.3 Å². The van der Waals surface area contributed by atoms with Crippen molar-refractivity contribution in [1.82, 2.24) is 0 Å². The van der Waals surface area contributed by atoms with Crippen molar-refractivity contribution in [3.05, 3.63) is 77.3 Å². The highest BCUT2D eigenvalue weighted by Crippen LogP contribution is 2.29. The second kappa shape index (κ2) is 7.06. The molecule has 0 aliphatic heterocycles. The minimum absolute atomic E-state index is 0.124. The number of ether oxygens (including phenoxy) is 1. The summed E-state index contributed by atoms with van der Waals surface area (Å²) in [4.78, 5) is 12.7. The van der Waals surface area contributed by atoms with E-state index in [1.807, 2.05) is 68.4 Å². The molecule has 0 radical (unpaired) electrons. The molecule has 0 unspecified atom stereocenters. The van der Waals surface area contributed by atoms with Crippen LogP contribution in [-0.4, -0.2) is 5.97 Å². The number of halogens is 1. The molecule has 0 aromatic heterocycles. The minimum atomic E-state index is -0.325. The average molecular weight is 339 g/mol. The van der Waals surface area contributed by atoms with Crippen LogP contribution in [0.25, 0.3) is 10.8 Å². The Morgan fingerprint density at radius 3 is 2.25 bits per heavy atom. The summed E-state index contributed by atoms with van der Waals surface area (Å²) in [6.45, 7) is 4.03. The predicted octanol–water partition coefficient (Wildman–Crippen LogP) is 5.84. The second-order valence-corrected chi connectivity index (χ2v) is 6.64. The van der Waals surface area contributed by atoms with Crippen LogP contribution in [0.15, 0.2) is 66.7 Å². The number of rotatable bonds is 4. The number of hydrogen-bond acceptors (Lipinski definition) is 2. The van der Waals surface area contributed by atoms with Crippen molar-refractivity contribution in [3.8, 4) is 5.75 Å². The summed E-state index contributed by atoms with van der Waals surface area (Å²) >= 11 is 5.94. The summed E-state index contributed by atoms with van der Waals surface area (Å²) in [5.41, 5.74) is 0.917. The fourth-order valence-electron chi connectivity index (χ4n) is 2.87. The molecular formula is C21H19ClO2. The average Bonchev–Trinajstić information content (AvgIpc) is 2.56. The summed E-state index contributed by atoms with van der Waals surface area (Å²) in [7, 11) is 0. The van der Waals surface area contributed by atoms with Gasteiger partial charge in [-0.25, -0.2) is 0 Å². The highest BCUT2D eigenvalue weighted by Gasteiger charge is 2.26. The van der Waals surface area contributed by atoms with Crippen LogP contribution >= 0.6 is 11.6 Å². The Balaban J connectivity index is 1.85. The third-order valence-electron chi connectivity index (χ3n) is 4.09. The van der Waals surface area contributed by atoms with Gasteiger partial charge in [-0.3, -0.25) is 4.79 Å². The van der Waals surface area contributed by atoms with E-state index < -0.39 is 0 Å². The van der Waals surface area contributed by atoms with Crippen molar-refractivity contribution in [2.24, 2.45) is 5.92 Å². The number of esters is 1. The first-order valence-electron chi connectivity index (χ1n) is 8.00. The molecule has 2 nitrogen and oxygen atoms in total. The molecule has 0 fully saturated rings. The van der Waals surface area contributed by atoms with Gasteiger partial charge in [-0.15, -0.1) is 0 Å². The smallest absolute Gasteiger partial charge is 0.319 e. The molecular weight excluding hydrogens is 320 g/mol. The molecule has 0 spiro atoms. The maximum Gasteiger partial charge on any atom is 0.319 e. The monoisotopic (exact) mass is 338 g/mol. The maximum absolute atomic E-state index is 12.7. The summed E-state index contributed by atoms with van der Waals surface area (Å²) in [5, 5.41) is 2.83. The van der Waals surface area contributed by atoms with E-state index in [9.17, 15) is 4.79 Å². The fourth-order valence-corrected chi connectivity index (χ4v) is 3.00. The van der Waals surface area contributed by atoms with Gasteiger partial charge in [-0.05, 0) is 46.5 Å². The Morgan fingerprint density at radius 1 is 0.917 bits per heavy atom. The molecule has 0 saturated carbocycles. The number of hydrogen-bond donors (Lipinski definition) is 0. The maximum atomic E-state index is 12.7. The highest BCUT2D eigenvalue weighted by molar-refractivity contribution is 6.30. The van der Waals surface area contributed by atoms with Crippen molar-refractivity contribution in [2.75, 3.05) is 0 Å². The van der Waals surface area contributed by atoms with Crippen LogP contribution in [-0.2, 0) is 4.79 Å². The zero-order valence-electron chi connectivity index (χ0n) is 13.7. The Labute approximate surface area is 147 Å². The lowest BCUT2D eigenvalue weighted by Crippen LogP contribution is -2.23. The fraction of sp³-hybridized carbons (Fsp3) is 0.190. The first-order chi connectivity index (χ1) is 11.5. The molecule has 3 aromatic rings. The molecule has 1 atom stereocenters. The number of benzene rings is 3. The summed E-state index contributed by atoms with van der Waals surface area (Å²) < 4.78 is 5.66. The normalized spacial score (nSPS) is 12.3. The predicted molar refractivity (Wildman–Crippen MR) is 98.6 cm³/mol. The van der Waals surface area contributed by atoms with E-state index in [2.05, 4.69) is 0 Å². The molecule has 0 heterocycles. The van der Waals surface area contributed by atoms with Crippen molar-refractivity contribution in [3.63, 3.8) is 0 Å². The van der Waals surface area contributed by atoms with Gasteiger partial charge in [0.1, 0.15) is 5.75 Å². The van der Waals surface area contributed by atoms with E-state index in [-0.39, 0.29) is 17.8 Å². The van der Waals surface area contributed by atoms with Crippen molar-refractivity contribution >= 4 is 28.3 Å². The van der Waals surface area contributed by atoms with Crippen LogP contribution in [0, 0.1) is 5.92 Å². The van der Waals surface area contributed by atoms with Gasteiger partial charge in [0.05, 0.1) is 5.92 Å². The van der Waals surface area contributed by atoms with Gasteiger partial charge in [0.25, 0.3) is 0 Å². The Kier molecular flexibility index (Phi) is 4.86. The van der Waals surface area contributed by atoms with Gasteiger partial charge in [0, 0.05) is 5.02 Å². The van der Waals surface area contributed by atoms with Crippen LogP contribution in [0.3, 0.4) is 0 Å². The Bertz CT molecular complexity index is 853. The second-order valence-electron chi connectivity index (χ2n) is 6.20. The molecule has 0 saturated heterocycles. The van der Waals surface area contributed by atoms with Crippen molar-refractivity contribution in [2.45, 2.75) is 19.8 Å². The summed E-state index contributed by atoms with van der Waals surface area (Å²) in [5.74, 6) is 0.119. The van der Waals surface area contributed by atoms with E-state index in [0.717, 1.165) is 16.3 Å². The summed E-state index contributed by atoms with van der Waals surface area (Å²) in [6.07, 6.45) is 0. The van der Waals surface area contributed by atoms with E-state index in [0.29, 0.717) is 10.8 Å². The van der Waals surface area contributed by atoms with E-state index >= 15 is 0 Å². The number of carbonyl (C=O) groups is 1. The quantitative estimate of drug-likeness (QED) is 0.441. The molecule has 0 bridgehead atoms. The van der Waals surface area contributed by atoms with Gasteiger partial charge in [-0.2, -0.15) is 0 Å². The van der Waals surface area contributed by atoms with Crippen LogP contribution < -0.4 is 4.74 Å².